The number of piperidine rings is 1. The highest BCUT2D eigenvalue weighted by molar-refractivity contribution is 6.35. The van der Waals surface area contributed by atoms with Crippen LogP contribution in [0.1, 0.15) is 12.8 Å². The van der Waals surface area contributed by atoms with Crippen molar-refractivity contribution in [1.29, 1.82) is 0 Å². The van der Waals surface area contributed by atoms with Crippen molar-refractivity contribution in [3.63, 3.8) is 0 Å². The fraction of sp³-hybridized carbons (Fsp3) is 0.636. The predicted octanol–water partition coefficient (Wildman–Crippen LogP) is 1.33. The minimum Gasteiger partial charge on any atom is -0.377 e. The van der Waals surface area contributed by atoms with E-state index in [1.54, 1.807) is 7.11 Å². The van der Waals surface area contributed by atoms with Gasteiger partial charge in [0.1, 0.15) is 7.28 Å². The Morgan fingerprint density at radius 3 is 3.14 bits per heavy atom. The fourth-order valence-electron chi connectivity index (χ4n) is 2.30. The largest absolute Gasteiger partial charge is 0.377 e. The third-order valence-electron chi connectivity index (χ3n) is 3.14. The Kier molecular flexibility index (Phi) is 3.09. The minimum atomic E-state index is 0.299. The Hall–Kier alpha value is -0.535. The van der Waals surface area contributed by atoms with Crippen molar-refractivity contribution in [2.24, 2.45) is 0 Å². The smallest absolute Gasteiger partial charge is 0.129 e. The lowest BCUT2D eigenvalue weighted by molar-refractivity contribution is 0.0990. The summed E-state index contributed by atoms with van der Waals surface area (Å²) in [6.07, 6.45) is 8.99. The maximum atomic E-state index is 5.53. The zero-order chi connectivity index (χ0) is 9.97. The van der Waals surface area contributed by atoms with E-state index in [1.165, 1.54) is 5.57 Å². The number of hydrogen-bond acceptors (Lipinski definition) is 2. The van der Waals surface area contributed by atoms with Crippen LogP contribution in [0.2, 0.25) is 6.82 Å². The van der Waals surface area contributed by atoms with Crippen molar-refractivity contribution >= 4 is 7.28 Å². The van der Waals surface area contributed by atoms with Crippen molar-refractivity contribution in [3.05, 3.63) is 23.8 Å². The van der Waals surface area contributed by atoms with E-state index in [-0.39, 0.29) is 0 Å². The number of ether oxygens (including phenoxy) is 1. The van der Waals surface area contributed by atoms with E-state index >= 15 is 0 Å². The van der Waals surface area contributed by atoms with E-state index in [9.17, 15) is 0 Å². The van der Waals surface area contributed by atoms with Gasteiger partial charge in [0, 0.05) is 13.2 Å². The summed E-state index contributed by atoms with van der Waals surface area (Å²) in [5, 5.41) is 3.61. The van der Waals surface area contributed by atoms with E-state index in [2.05, 4.69) is 37.6 Å². The van der Waals surface area contributed by atoms with Gasteiger partial charge in [0.15, 0.2) is 0 Å². The van der Waals surface area contributed by atoms with Crippen LogP contribution in [0, 0.1) is 0 Å². The Morgan fingerprint density at radius 1 is 1.57 bits per heavy atom. The van der Waals surface area contributed by atoms with Crippen LogP contribution in [-0.4, -0.2) is 32.5 Å². The van der Waals surface area contributed by atoms with E-state index in [4.69, 9.17) is 4.74 Å². The van der Waals surface area contributed by atoms with E-state index in [1.807, 2.05) is 0 Å². The number of fused-ring (bicyclic) bond motifs is 1. The van der Waals surface area contributed by atoms with Gasteiger partial charge < -0.3 is 10.1 Å². The number of methoxy groups -OCH3 is 1. The molecule has 2 aliphatic rings. The molecule has 3 heteroatoms. The molecule has 0 aromatic carbocycles. The quantitative estimate of drug-likeness (QED) is 0.663. The Morgan fingerprint density at radius 2 is 2.43 bits per heavy atom. The van der Waals surface area contributed by atoms with Crippen molar-refractivity contribution < 1.29 is 4.74 Å². The van der Waals surface area contributed by atoms with Crippen LogP contribution in [0.5, 0.6) is 0 Å². The van der Waals surface area contributed by atoms with Crippen LogP contribution in [0.4, 0.5) is 0 Å². The first kappa shape index (κ1) is 10.00. The van der Waals surface area contributed by atoms with Crippen LogP contribution in [0.15, 0.2) is 23.8 Å². The maximum Gasteiger partial charge on any atom is 0.129 e. The molecule has 0 amide bonds. The zero-order valence-corrected chi connectivity index (χ0v) is 8.86. The third-order valence-corrected chi connectivity index (χ3v) is 3.14. The Bertz CT molecular complexity index is 262. The second kappa shape index (κ2) is 4.32. The number of hydrogen-bond donors (Lipinski definition) is 1. The van der Waals surface area contributed by atoms with Crippen LogP contribution in [0.3, 0.4) is 0 Å². The molecule has 1 aliphatic heterocycles. The number of allylic oxidation sites excluding steroid dienone is 2. The molecule has 0 bridgehead atoms. The molecule has 14 heavy (non-hydrogen) atoms. The van der Waals surface area contributed by atoms with E-state index in [0.717, 1.165) is 12.8 Å². The molecule has 2 rings (SSSR count). The van der Waals surface area contributed by atoms with Gasteiger partial charge in [0.25, 0.3) is 0 Å². The Labute approximate surface area is 86.6 Å². The average molecular weight is 190 g/mol. The normalized spacial score (nSPS) is 36.1. The summed E-state index contributed by atoms with van der Waals surface area (Å²) in [5.41, 5.74) is 1.41. The van der Waals surface area contributed by atoms with E-state index in [0.29, 0.717) is 18.1 Å². The molecule has 1 N–H and O–H groups in total. The summed E-state index contributed by atoms with van der Waals surface area (Å²) in [6.45, 7) is 2.11. The first-order valence-corrected chi connectivity index (χ1v) is 5.30. The predicted molar refractivity (Wildman–Crippen MR) is 59.6 cm³/mol. The Balaban J connectivity index is 2.14. The van der Waals surface area contributed by atoms with Gasteiger partial charge in [-0.25, -0.2) is 0 Å². The molecule has 3 atom stereocenters. The molecule has 1 saturated heterocycles. The molecule has 0 saturated carbocycles. The molecule has 1 aliphatic carbocycles. The molecule has 2 nitrogen and oxygen atoms in total. The van der Waals surface area contributed by atoms with Crippen molar-refractivity contribution in [2.75, 3.05) is 7.11 Å². The average Bonchev–Trinajstić information content (AvgIpc) is 2.27. The molecule has 1 fully saturated rings. The first-order chi connectivity index (χ1) is 6.85. The summed E-state index contributed by atoms with van der Waals surface area (Å²) in [7, 11) is 4.03. The van der Waals surface area contributed by atoms with Gasteiger partial charge in [0.2, 0.25) is 0 Å². The lowest BCUT2D eigenvalue weighted by atomic mass is 9.66. The minimum absolute atomic E-state index is 0.299. The topological polar surface area (TPSA) is 21.3 Å². The van der Waals surface area contributed by atoms with Crippen LogP contribution >= 0.6 is 0 Å². The third kappa shape index (κ3) is 1.79. The molecule has 75 valence electrons. The standard InChI is InChI=1S/C11H17BNO/c1-12-11-7-10(14-2)8-5-3-4-6-9(8)13-11/h3-5,9-11,13H,6-7H2,1-2H3/t9?,10-,11?/m1/s1. The molecule has 0 spiro atoms. The lowest BCUT2D eigenvalue weighted by Crippen LogP contribution is -2.52. The molecular formula is C11H17BNO. The van der Waals surface area contributed by atoms with Crippen molar-refractivity contribution in [3.8, 4) is 0 Å². The molecule has 2 unspecified atom stereocenters. The summed E-state index contributed by atoms with van der Waals surface area (Å²) < 4.78 is 5.53. The summed E-state index contributed by atoms with van der Waals surface area (Å²) in [4.78, 5) is 0. The fourth-order valence-corrected chi connectivity index (χ4v) is 2.30. The zero-order valence-electron chi connectivity index (χ0n) is 8.86. The van der Waals surface area contributed by atoms with Gasteiger partial charge in [-0.15, -0.1) is 0 Å². The highest BCUT2D eigenvalue weighted by atomic mass is 16.5. The van der Waals surface area contributed by atoms with Gasteiger partial charge in [-0.3, -0.25) is 0 Å². The van der Waals surface area contributed by atoms with Crippen molar-refractivity contribution in [2.45, 2.75) is 37.8 Å². The summed E-state index contributed by atoms with van der Waals surface area (Å²) in [6, 6.07) is 0.486. The highest BCUT2D eigenvalue weighted by Gasteiger charge is 2.31. The second-order valence-corrected chi connectivity index (χ2v) is 3.95. The molecule has 1 heterocycles. The molecular weight excluding hydrogens is 173 g/mol. The van der Waals surface area contributed by atoms with Crippen LogP contribution in [0.25, 0.3) is 0 Å². The molecule has 0 aromatic rings. The first-order valence-electron chi connectivity index (χ1n) is 5.30. The molecule has 1 radical (unpaired) electrons. The monoisotopic (exact) mass is 190 g/mol. The number of nitrogens with one attached hydrogen (secondary N) is 1. The molecule has 0 aromatic heterocycles. The summed E-state index contributed by atoms with van der Waals surface area (Å²) in [5.74, 6) is 0.494. The van der Waals surface area contributed by atoms with Gasteiger partial charge in [-0.1, -0.05) is 25.1 Å². The van der Waals surface area contributed by atoms with Crippen molar-refractivity contribution in [1.82, 2.24) is 5.32 Å². The van der Waals surface area contributed by atoms with Crippen LogP contribution in [-0.2, 0) is 4.74 Å². The van der Waals surface area contributed by atoms with Crippen LogP contribution < -0.4 is 5.32 Å². The highest BCUT2D eigenvalue weighted by Crippen LogP contribution is 2.26. The maximum absolute atomic E-state index is 5.53. The van der Waals surface area contributed by atoms with Gasteiger partial charge in [-0.05, 0) is 24.4 Å². The SMILES string of the molecule is C[B]C1C[C@@H](OC)C2=CC=CCC2N1. The lowest BCUT2D eigenvalue weighted by Gasteiger charge is -2.38. The van der Waals surface area contributed by atoms with Gasteiger partial charge in [0.05, 0.1) is 6.10 Å². The summed E-state index contributed by atoms with van der Waals surface area (Å²) >= 11 is 0. The second-order valence-electron chi connectivity index (χ2n) is 3.95. The number of rotatable bonds is 2. The van der Waals surface area contributed by atoms with E-state index < -0.39 is 0 Å². The van der Waals surface area contributed by atoms with Gasteiger partial charge >= 0.3 is 0 Å². The van der Waals surface area contributed by atoms with Gasteiger partial charge in [-0.2, -0.15) is 0 Å².